The number of hydrogen-bond donors (Lipinski definition) is 1. The Bertz CT molecular complexity index is 429. The molecule has 3 rings (SSSR count). The van der Waals surface area contributed by atoms with Gasteiger partial charge < -0.3 is 10.1 Å². The predicted octanol–water partition coefficient (Wildman–Crippen LogP) is 3.29. The molecule has 2 unspecified atom stereocenters. The third-order valence-corrected chi connectivity index (χ3v) is 4.80. The minimum absolute atomic E-state index is 0.268. The Morgan fingerprint density at radius 3 is 2.68 bits per heavy atom. The summed E-state index contributed by atoms with van der Waals surface area (Å²) in [5, 5.41) is 4.20. The smallest absolute Gasteiger partial charge is 0.0675 e. The lowest BCUT2D eigenvalue weighted by Gasteiger charge is -2.34. The molecule has 0 bridgehead atoms. The van der Waals surface area contributed by atoms with E-state index in [-0.39, 0.29) is 5.41 Å². The van der Waals surface area contributed by atoms with Gasteiger partial charge >= 0.3 is 0 Å². The van der Waals surface area contributed by atoms with E-state index in [1.54, 1.807) is 0 Å². The van der Waals surface area contributed by atoms with Gasteiger partial charge in [0.15, 0.2) is 0 Å². The van der Waals surface area contributed by atoms with Crippen LogP contribution in [-0.4, -0.2) is 26.3 Å². The molecular formula is C16H22ClNO. The third kappa shape index (κ3) is 2.81. The molecule has 0 amide bonds. The van der Waals surface area contributed by atoms with Crippen LogP contribution in [0.5, 0.6) is 0 Å². The summed E-state index contributed by atoms with van der Waals surface area (Å²) in [4.78, 5) is 0. The highest BCUT2D eigenvalue weighted by Gasteiger charge is 2.50. The average Bonchev–Trinajstić information content (AvgIpc) is 3.16. The fraction of sp³-hybridized carbons (Fsp3) is 0.625. The van der Waals surface area contributed by atoms with Crippen molar-refractivity contribution in [2.75, 3.05) is 20.2 Å². The molecule has 1 aromatic carbocycles. The summed E-state index contributed by atoms with van der Waals surface area (Å²) >= 11 is 5.98. The number of ether oxygens (including phenoxy) is 1. The average molecular weight is 280 g/mol. The fourth-order valence-corrected chi connectivity index (χ4v) is 3.67. The molecule has 1 aromatic rings. The van der Waals surface area contributed by atoms with Gasteiger partial charge in [0.25, 0.3) is 0 Å². The Kier molecular flexibility index (Phi) is 3.84. The van der Waals surface area contributed by atoms with E-state index < -0.39 is 0 Å². The van der Waals surface area contributed by atoms with Gasteiger partial charge in [-0.15, -0.1) is 0 Å². The summed E-state index contributed by atoms with van der Waals surface area (Å²) in [5.74, 6) is 0.795. The van der Waals surface area contributed by atoms with Crippen LogP contribution in [0.1, 0.15) is 24.8 Å². The maximum absolute atomic E-state index is 6.08. The molecule has 104 valence electrons. The lowest BCUT2D eigenvalue weighted by atomic mass is 9.74. The Hall–Kier alpha value is -0.570. The van der Waals surface area contributed by atoms with E-state index in [2.05, 4.69) is 17.4 Å². The molecule has 3 heteroatoms. The highest BCUT2D eigenvalue weighted by Crippen LogP contribution is 2.49. The van der Waals surface area contributed by atoms with E-state index >= 15 is 0 Å². The number of hydrogen-bond acceptors (Lipinski definition) is 2. The lowest BCUT2D eigenvalue weighted by Crippen LogP contribution is -2.42. The number of rotatable bonds is 5. The zero-order valence-corrected chi connectivity index (χ0v) is 12.2. The molecule has 2 nitrogen and oxygen atoms in total. The first-order chi connectivity index (χ1) is 9.23. The van der Waals surface area contributed by atoms with Crippen LogP contribution in [0.3, 0.4) is 0 Å². The second-order valence-corrected chi connectivity index (χ2v) is 6.51. The van der Waals surface area contributed by atoms with E-state index in [0.717, 1.165) is 36.9 Å². The van der Waals surface area contributed by atoms with Gasteiger partial charge in [0.05, 0.1) is 6.10 Å². The van der Waals surface area contributed by atoms with Crippen molar-refractivity contribution in [1.29, 1.82) is 0 Å². The standard InChI is InChI=1S/C16H22ClNO/c1-18-11-16(8-9-19-15(16)13-4-5-13)10-12-2-6-14(17)7-3-12/h2-3,6-7,13,15,18H,4-5,8-11H2,1H3. The van der Waals surface area contributed by atoms with Crippen molar-refractivity contribution < 1.29 is 4.74 Å². The van der Waals surface area contributed by atoms with Crippen molar-refractivity contribution in [2.45, 2.75) is 31.8 Å². The number of halogens is 1. The van der Waals surface area contributed by atoms with E-state index in [9.17, 15) is 0 Å². The molecule has 1 saturated carbocycles. The van der Waals surface area contributed by atoms with Crippen LogP contribution in [0.15, 0.2) is 24.3 Å². The first-order valence-corrected chi connectivity index (χ1v) is 7.62. The molecule has 1 aliphatic heterocycles. The van der Waals surface area contributed by atoms with Crippen molar-refractivity contribution in [1.82, 2.24) is 5.32 Å². The maximum atomic E-state index is 6.08. The first-order valence-electron chi connectivity index (χ1n) is 7.24. The minimum Gasteiger partial charge on any atom is -0.377 e. The van der Waals surface area contributed by atoms with Gasteiger partial charge in [0.2, 0.25) is 0 Å². The van der Waals surface area contributed by atoms with Crippen molar-refractivity contribution in [2.24, 2.45) is 11.3 Å². The minimum atomic E-state index is 0.268. The summed E-state index contributed by atoms with van der Waals surface area (Å²) in [6, 6.07) is 8.29. The zero-order valence-electron chi connectivity index (χ0n) is 11.5. The van der Waals surface area contributed by atoms with E-state index in [0.29, 0.717) is 6.10 Å². The number of benzene rings is 1. The van der Waals surface area contributed by atoms with Gasteiger partial charge in [0.1, 0.15) is 0 Å². The van der Waals surface area contributed by atoms with Crippen LogP contribution in [0.4, 0.5) is 0 Å². The fourth-order valence-electron chi connectivity index (χ4n) is 3.54. The van der Waals surface area contributed by atoms with Gasteiger partial charge in [-0.2, -0.15) is 0 Å². The first kappa shape index (κ1) is 13.4. The van der Waals surface area contributed by atoms with Crippen LogP contribution in [-0.2, 0) is 11.2 Å². The highest BCUT2D eigenvalue weighted by molar-refractivity contribution is 6.30. The predicted molar refractivity (Wildman–Crippen MR) is 78.6 cm³/mol. The zero-order chi connectivity index (χ0) is 13.3. The Labute approximate surface area is 120 Å². The van der Waals surface area contributed by atoms with Crippen LogP contribution in [0.25, 0.3) is 0 Å². The molecular weight excluding hydrogens is 258 g/mol. The third-order valence-electron chi connectivity index (χ3n) is 4.55. The molecule has 1 saturated heterocycles. The molecule has 2 fully saturated rings. The van der Waals surface area contributed by atoms with Crippen molar-refractivity contribution in [3.63, 3.8) is 0 Å². The van der Waals surface area contributed by atoms with E-state index in [1.807, 2.05) is 19.2 Å². The largest absolute Gasteiger partial charge is 0.377 e. The highest BCUT2D eigenvalue weighted by atomic mass is 35.5. The van der Waals surface area contributed by atoms with Gasteiger partial charge in [-0.1, -0.05) is 23.7 Å². The molecule has 1 N–H and O–H groups in total. The van der Waals surface area contributed by atoms with E-state index in [1.165, 1.54) is 18.4 Å². The lowest BCUT2D eigenvalue weighted by molar-refractivity contribution is 0.0314. The van der Waals surface area contributed by atoms with Crippen molar-refractivity contribution in [3.8, 4) is 0 Å². The van der Waals surface area contributed by atoms with Gasteiger partial charge in [0, 0.05) is 23.6 Å². The summed E-state index contributed by atoms with van der Waals surface area (Å²) in [6.07, 6.45) is 5.38. The van der Waals surface area contributed by atoms with Crippen molar-refractivity contribution in [3.05, 3.63) is 34.9 Å². The SMILES string of the molecule is CNCC1(Cc2ccc(Cl)cc2)CCOC1C1CC1. The summed E-state index contributed by atoms with van der Waals surface area (Å²) in [7, 11) is 2.05. The Balaban J connectivity index is 1.81. The summed E-state index contributed by atoms with van der Waals surface area (Å²) < 4.78 is 6.08. The normalized spacial score (nSPS) is 30.7. The van der Waals surface area contributed by atoms with Gasteiger partial charge in [-0.25, -0.2) is 0 Å². The maximum Gasteiger partial charge on any atom is 0.0675 e. The molecule has 1 heterocycles. The Morgan fingerprint density at radius 1 is 1.32 bits per heavy atom. The van der Waals surface area contributed by atoms with Gasteiger partial charge in [-0.3, -0.25) is 0 Å². The van der Waals surface area contributed by atoms with Gasteiger partial charge in [-0.05, 0) is 56.3 Å². The Morgan fingerprint density at radius 2 is 2.05 bits per heavy atom. The molecule has 0 radical (unpaired) electrons. The van der Waals surface area contributed by atoms with E-state index in [4.69, 9.17) is 16.3 Å². The molecule has 1 aliphatic carbocycles. The number of nitrogens with one attached hydrogen (secondary N) is 1. The molecule has 0 spiro atoms. The van der Waals surface area contributed by atoms with Crippen LogP contribution in [0, 0.1) is 11.3 Å². The second-order valence-electron chi connectivity index (χ2n) is 6.07. The second kappa shape index (κ2) is 5.43. The summed E-state index contributed by atoms with van der Waals surface area (Å²) in [5.41, 5.74) is 1.64. The van der Waals surface area contributed by atoms with Crippen LogP contribution >= 0.6 is 11.6 Å². The summed E-state index contributed by atoms with van der Waals surface area (Å²) in [6.45, 7) is 1.95. The quantitative estimate of drug-likeness (QED) is 0.893. The molecule has 2 aliphatic rings. The topological polar surface area (TPSA) is 21.3 Å². The molecule has 0 aromatic heterocycles. The molecule has 2 atom stereocenters. The van der Waals surface area contributed by atoms with Crippen LogP contribution in [0.2, 0.25) is 5.02 Å². The van der Waals surface area contributed by atoms with Crippen LogP contribution < -0.4 is 5.32 Å². The molecule has 19 heavy (non-hydrogen) atoms. The van der Waals surface area contributed by atoms with Crippen molar-refractivity contribution >= 4 is 11.6 Å². The monoisotopic (exact) mass is 279 g/mol.